The van der Waals surface area contributed by atoms with Crippen molar-refractivity contribution in [1.29, 1.82) is 0 Å². The molecule has 5 nitrogen and oxygen atoms in total. The first-order chi connectivity index (χ1) is 14.0. The first-order valence-electron chi connectivity index (χ1n) is 10.5. The van der Waals surface area contributed by atoms with E-state index in [1.807, 2.05) is 28.4 Å². The topological polar surface area (TPSA) is 43.9 Å². The second-order valence-corrected chi connectivity index (χ2v) is 9.66. The number of carbonyl (C=O) groups is 2. The number of benzene rings is 1. The van der Waals surface area contributed by atoms with Crippen LogP contribution in [0.4, 0.5) is 5.69 Å². The lowest BCUT2D eigenvalue weighted by molar-refractivity contribution is -0.143. The molecule has 2 aromatic rings. The highest BCUT2D eigenvalue weighted by molar-refractivity contribution is 7.10. The van der Waals surface area contributed by atoms with E-state index in [1.165, 1.54) is 21.6 Å². The Morgan fingerprint density at radius 2 is 1.93 bits per heavy atom. The first-order valence-corrected chi connectivity index (χ1v) is 11.3. The summed E-state index contributed by atoms with van der Waals surface area (Å²) in [4.78, 5) is 33.3. The summed E-state index contributed by atoms with van der Waals surface area (Å²) in [5.74, 6) is -0.00579. The van der Waals surface area contributed by atoms with E-state index in [9.17, 15) is 9.59 Å². The number of amides is 2. The summed E-state index contributed by atoms with van der Waals surface area (Å²) in [5.41, 5.74) is 4.75. The number of fused-ring (bicyclic) bond motifs is 1. The highest BCUT2D eigenvalue weighted by atomic mass is 32.1. The Balaban J connectivity index is 1.18. The molecule has 0 radical (unpaired) electrons. The monoisotopic (exact) mass is 409 g/mol. The van der Waals surface area contributed by atoms with Gasteiger partial charge in [-0.15, -0.1) is 11.3 Å². The van der Waals surface area contributed by atoms with Gasteiger partial charge in [-0.25, -0.2) is 0 Å². The number of hydrogen-bond acceptors (Lipinski definition) is 4. The van der Waals surface area contributed by atoms with Gasteiger partial charge in [0.2, 0.25) is 11.8 Å². The van der Waals surface area contributed by atoms with E-state index >= 15 is 0 Å². The standard InChI is InChI=1S/C23H27N3O2S/c1-15-3-4-19(9-16(15)2)26-12-18(10-22(26)27)23(28)25-13-20(14-25)24-7-5-21-17(11-24)6-8-29-21/h3-4,6,8-9,18,20H,5,7,10-14H2,1-2H3/t18-/m0/s1. The molecule has 4 heterocycles. The number of aryl methyl sites for hydroxylation is 2. The third-order valence-corrected chi connectivity index (χ3v) is 7.83. The molecular weight excluding hydrogens is 382 g/mol. The fraction of sp³-hybridized carbons (Fsp3) is 0.478. The zero-order chi connectivity index (χ0) is 20.1. The average molecular weight is 410 g/mol. The molecule has 1 aromatic heterocycles. The van der Waals surface area contributed by atoms with Crippen molar-refractivity contribution in [2.45, 2.75) is 39.3 Å². The second kappa shape index (κ2) is 7.26. The van der Waals surface area contributed by atoms with Crippen LogP contribution in [0.5, 0.6) is 0 Å². The summed E-state index contributed by atoms with van der Waals surface area (Å²) in [5, 5.41) is 2.18. The Bertz CT molecular complexity index is 963. The van der Waals surface area contributed by atoms with E-state index in [1.54, 1.807) is 4.90 Å². The van der Waals surface area contributed by atoms with Crippen LogP contribution in [-0.2, 0) is 22.6 Å². The quantitative estimate of drug-likeness (QED) is 0.783. The lowest BCUT2D eigenvalue weighted by Crippen LogP contribution is -2.62. The van der Waals surface area contributed by atoms with Crippen LogP contribution >= 0.6 is 11.3 Å². The smallest absolute Gasteiger partial charge is 0.228 e. The van der Waals surface area contributed by atoms with Crippen molar-refractivity contribution in [2.24, 2.45) is 5.92 Å². The van der Waals surface area contributed by atoms with Crippen LogP contribution in [0.25, 0.3) is 0 Å². The minimum Gasteiger partial charge on any atom is -0.339 e. The third kappa shape index (κ3) is 3.38. The largest absolute Gasteiger partial charge is 0.339 e. The molecule has 0 unspecified atom stereocenters. The minimum absolute atomic E-state index is 0.0599. The molecule has 0 aliphatic carbocycles. The summed E-state index contributed by atoms with van der Waals surface area (Å²) < 4.78 is 0. The Morgan fingerprint density at radius 1 is 1.10 bits per heavy atom. The van der Waals surface area contributed by atoms with Crippen LogP contribution in [0, 0.1) is 19.8 Å². The number of rotatable bonds is 3. The van der Waals surface area contributed by atoms with Crippen molar-refractivity contribution in [3.8, 4) is 0 Å². The highest BCUT2D eigenvalue weighted by Gasteiger charge is 2.42. The van der Waals surface area contributed by atoms with Crippen molar-refractivity contribution >= 4 is 28.8 Å². The molecule has 29 heavy (non-hydrogen) atoms. The highest BCUT2D eigenvalue weighted by Crippen LogP contribution is 2.31. The Kier molecular flexibility index (Phi) is 4.71. The maximum atomic E-state index is 13.0. The summed E-state index contributed by atoms with van der Waals surface area (Å²) in [6, 6.07) is 8.78. The van der Waals surface area contributed by atoms with Gasteiger partial charge in [-0.1, -0.05) is 6.07 Å². The molecule has 0 N–H and O–H groups in total. The van der Waals surface area contributed by atoms with Crippen LogP contribution in [0.3, 0.4) is 0 Å². The Labute approximate surface area is 175 Å². The predicted molar refractivity (Wildman–Crippen MR) is 115 cm³/mol. The normalized spacial score (nSPS) is 22.7. The van der Waals surface area contributed by atoms with Gasteiger partial charge < -0.3 is 9.80 Å². The fourth-order valence-corrected chi connectivity index (χ4v) is 5.61. The summed E-state index contributed by atoms with van der Waals surface area (Å²) in [6.07, 6.45) is 1.45. The molecule has 6 heteroatoms. The van der Waals surface area contributed by atoms with Gasteiger partial charge in [-0.2, -0.15) is 0 Å². The van der Waals surface area contributed by atoms with E-state index in [4.69, 9.17) is 0 Å². The van der Waals surface area contributed by atoms with E-state index in [0.717, 1.165) is 38.3 Å². The zero-order valence-corrected chi connectivity index (χ0v) is 17.9. The number of nitrogens with zero attached hydrogens (tertiary/aromatic N) is 3. The van der Waals surface area contributed by atoms with Gasteiger partial charge in [0.1, 0.15) is 0 Å². The summed E-state index contributed by atoms with van der Waals surface area (Å²) in [7, 11) is 0. The second-order valence-electron chi connectivity index (χ2n) is 8.66. The van der Waals surface area contributed by atoms with E-state index in [-0.39, 0.29) is 17.7 Å². The molecule has 5 rings (SSSR count). The molecule has 0 spiro atoms. The first kappa shape index (κ1) is 18.8. The lowest BCUT2D eigenvalue weighted by Gasteiger charge is -2.47. The van der Waals surface area contributed by atoms with Gasteiger partial charge in [0.25, 0.3) is 0 Å². The number of hydrogen-bond donors (Lipinski definition) is 0. The maximum Gasteiger partial charge on any atom is 0.228 e. The van der Waals surface area contributed by atoms with E-state index < -0.39 is 0 Å². The van der Waals surface area contributed by atoms with Crippen molar-refractivity contribution in [2.75, 3.05) is 31.1 Å². The molecule has 0 saturated carbocycles. The molecule has 2 saturated heterocycles. The molecule has 1 aromatic carbocycles. The zero-order valence-electron chi connectivity index (χ0n) is 17.1. The number of likely N-dealkylation sites (tertiary alicyclic amines) is 1. The van der Waals surface area contributed by atoms with Crippen molar-refractivity contribution in [3.63, 3.8) is 0 Å². The Morgan fingerprint density at radius 3 is 2.72 bits per heavy atom. The fourth-order valence-electron chi connectivity index (χ4n) is 4.72. The van der Waals surface area contributed by atoms with Crippen LogP contribution in [0.1, 0.15) is 28.0 Å². The molecule has 3 aliphatic heterocycles. The van der Waals surface area contributed by atoms with Gasteiger partial charge in [-0.3, -0.25) is 14.5 Å². The van der Waals surface area contributed by atoms with Crippen LogP contribution in [0.2, 0.25) is 0 Å². The average Bonchev–Trinajstić information content (AvgIpc) is 3.29. The SMILES string of the molecule is Cc1ccc(N2C[C@@H](C(=O)N3CC(N4CCc5sccc5C4)C3)CC2=O)cc1C. The van der Waals surface area contributed by atoms with Crippen LogP contribution in [-0.4, -0.2) is 53.8 Å². The van der Waals surface area contributed by atoms with Gasteiger partial charge in [0.15, 0.2) is 0 Å². The van der Waals surface area contributed by atoms with Gasteiger partial charge in [0.05, 0.1) is 5.92 Å². The van der Waals surface area contributed by atoms with E-state index in [0.29, 0.717) is 19.0 Å². The van der Waals surface area contributed by atoms with Gasteiger partial charge >= 0.3 is 0 Å². The van der Waals surface area contributed by atoms with E-state index in [2.05, 4.69) is 36.3 Å². The molecule has 1 atom stereocenters. The van der Waals surface area contributed by atoms with Gasteiger partial charge in [-0.05, 0) is 60.5 Å². The molecule has 152 valence electrons. The number of thiophene rings is 1. The molecule has 2 amide bonds. The van der Waals surface area contributed by atoms with Crippen LogP contribution < -0.4 is 4.90 Å². The van der Waals surface area contributed by atoms with Crippen molar-refractivity contribution in [1.82, 2.24) is 9.80 Å². The van der Waals surface area contributed by atoms with Crippen LogP contribution in [0.15, 0.2) is 29.6 Å². The summed E-state index contributed by atoms with van der Waals surface area (Å²) in [6.45, 7) is 8.32. The van der Waals surface area contributed by atoms with Crippen molar-refractivity contribution < 1.29 is 9.59 Å². The molecule has 2 fully saturated rings. The van der Waals surface area contributed by atoms with Gasteiger partial charge in [0, 0.05) is 55.8 Å². The number of anilines is 1. The minimum atomic E-state index is -0.213. The Hall–Kier alpha value is -2.18. The molecular formula is C23H27N3O2S. The lowest BCUT2D eigenvalue weighted by atomic mass is 9.99. The third-order valence-electron chi connectivity index (χ3n) is 6.80. The number of carbonyl (C=O) groups excluding carboxylic acids is 2. The van der Waals surface area contributed by atoms with Crippen molar-refractivity contribution in [3.05, 3.63) is 51.2 Å². The predicted octanol–water partition coefficient (Wildman–Crippen LogP) is 2.99. The summed E-state index contributed by atoms with van der Waals surface area (Å²) >= 11 is 1.86. The maximum absolute atomic E-state index is 13.0. The molecule has 0 bridgehead atoms. The molecule has 3 aliphatic rings.